The summed E-state index contributed by atoms with van der Waals surface area (Å²) in [5.41, 5.74) is 3.09. The van der Waals surface area contributed by atoms with Crippen LogP contribution in [0.15, 0.2) is 59.5 Å². The highest BCUT2D eigenvalue weighted by atomic mass is 16.3. The number of aryl methyl sites for hydroxylation is 1. The first-order valence-electron chi connectivity index (χ1n) is 8.67. The summed E-state index contributed by atoms with van der Waals surface area (Å²) in [6.45, 7) is 4.01. The van der Waals surface area contributed by atoms with Gasteiger partial charge >= 0.3 is 0 Å². The maximum atomic E-state index is 13.2. The van der Waals surface area contributed by atoms with E-state index in [1.54, 1.807) is 12.5 Å². The molecule has 4 rings (SSSR count). The lowest BCUT2D eigenvalue weighted by Crippen LogP contribution is -2.48. The van der Waals surface area contributed by atoms with Crippen molar-refractivity contribution in [1.29, 1.82) is 0 Å². The number of hydrogen-bond donors (Lipinski definition) is 1. The summed E-state index contributed by atoms with van der Waals surface area (Å²) < 4.78 is 5.39. The molecule has 1 fully saturated rings. The Labute approximate surface area is 151 Å². The predicted octanol–water partition coefficient (Wildman–Crippen LogP) is 2.83. The number of furan rings is 1. The Morgan fingerprint density at radius 1 is 1.27 bits per heavy atom. The van der Waals surface area contributed by atoms with Gasteiger partial charge in [0.1, 0.15) is 5.69 Å². The third kappa shape index (κ3) is 3.11. The fourth-order valence-corrected chi connectivity index (χ4v) is 3.32. The van der Waals surface area contributed by atoms with Crippen molar-refractivity contribution in [3.05, 3.63) is 71.9 Å². The Bertz CT molecular complexity index is 893. The molecule has 3 aromatic heterocycles. The number of rotatable bonds is 3. The number of piperazine rings is 1. The monoisotopic (exact) mass is 348 g/mol. The molecule has 0 aromatic carbocycles. The fraction of sp³-hybridized carbons (Fsp3) is 0.250. The van der Waals surface area contributed by atoms with E-state index in [1.165, 1.54) is 0 Å². The zero-order valence-electron chi connectivity index (χ0n) is 14.6. The third-order valence-electron chi connectivity index (χ3n) is 4.66. The van der Waals surface area contributed by atoms with E-state index in [0.29, 0.717) is 30.1 Å². The molecule has 0 spiro atoms. The molecule has 6 nitrogen and oxygen atoms in total. The van der Waals surface area contributed by atoms with Gasteiger partial charge in [-0.25, -0.2) is 4.98 Å². The predicted molar refractivity (Wildman–Crippen MR) is 97.6 cm³/mol. The summed E-state index contributed by atoms with van der Waals surface area (Å²) in [6.07, 6.45) is 5.18. The Morgan fingerprint density at radius 2 is 2.19 bits per heavy atom. The molecular weight excluding hydrogens is 328 g/mol. The van der Waals surface area contributed by atoms with E-state index < -0.39 is 0 Å². The molecule has 26 heavy (non-hydrogen) atoms. The standard InChI is InChI=1S/C20H20N4O2/c1-14-16(6-7-17(23-14)19-5-3-11-26-19)20(25)24-10-9-22-13-18(24)15-4-2-8-21-12-15/h2-8,11-12,18,22H,9-10,13H2,1H3. The zero-order chi connectivity index (χ0) is 17.9. The van der Waals surface area contributed by atoms with Crippen LogP contribution in [0, 0.1) is 6.92 Å². The highest BCUT2D eigenvalue weighted by molar-refractivity contribution is 5.96. The molecule has 0 saturated carbocycles. The van der Waals surface area contributed by atoms with Crippen molar-refractivity contribution < 1.29 is 9.21 Å². The second-order valence-corrected chi connectivity index (χ2v) is 6.31. The lowest BCUT2D eigenvalue weighted by molar-refractivity contribution is 0.0632. The minimum Gasteiger partial charge on any atom is -0.463 e. The molecule has 6 heteroatoms. The van der Waals surface area contributed by atoms with Gasteiger partial charge in [-0.1, -0.05) is 6.07 Å². The number of hydrogen-bond acceptors (Lipinski definition) is 5. The van der Waals surface area contributed by atoms with Gasteiger partial charge in [0.05, 0.1) is 23.6 Å². The molecule has 1 aliphatic heterocycles. The summed E-state index contributed by atoms with van der Waals surface area (Å²) in [7, 11) is 0. The van der Waals surface area contributed by atoms with Crippen LogP contribution in [0.2, 0.25) is 0 Å². The van der Waals surface area contributed by atoms with Crippen LogP contribution in [-0.2, 0) is 0 Å². The molecule has 0 bridgehead atoms. The van der Waals surface area contributed by atoms with E-state index in [-0.39, 0.29) is 11.9 Å². The van der Waals surface area contributed by atoms with Gasteiger partial charge in [-0.15, -0.1) is 0 Å². The van der Waals surface area contributed by atoms with Gasteiger partial charge in [0.25, 0.3) is 5.91 Å². The average Bonchev–Trinajstić information content (AvgIpc) is 3.23. The molecule has 1 amide bonds. The lowest BCUT2D eigenvalue weighted by atomic mass is 10.0. The first-order chi connectivity index (χ1) is 12.7. The molecular formula is C20H20N4O2. The van der Waals surface area contributed by atoms with Crippen LogP contribution in [0.5, 0.6) is 0 Å². The minimum atomic E-state index is -0.0332. The molecule has 3 aromatic rings. The minimum absolute atomic E-state index is 0.00338. The zero-order valence-corrected chi connectivity index (χ0v) is 14.6. The van der Waals surface area contributed by atoms with Crippen LogP contribution in [0.3, 0.4) is 0 Å². The van der Waals surface area contributed by atoms with E-state index in [2.05, 4.69) is 15.3 Å². The smallest absolute Gasteiger partial charge is 0.256 e. The van der Waals surface area contributed by atoms with E-state index in [1.807, 2.05) is 54.4 Å². The van der Waals surface area contributed by atoms with Crippen LogP contribution >= 0.6 is 0 Å². The van der Waals surface area contributed by atoms with Gasteiger partial charge in [-0.05, 0) is 42.8 Å². The second kappa shape index (κ2) is 7.09. The van der Waals surface area contributed by atoms with Crippen LogP contribution in [0.25, 0.3) is 11.5 Å². The molecule has 4 heterocycles. The van der Waals surface area contributed by atoms with Gasteiger partial charge in [0, 0.05) is 32.0 Å². The van der Waals surface area contributed by atoms with Gasteiger partial charge < -0.3 is 14.6 Å². The van der Waals surface area contributed by atoms with Gasteiger partial charge in [-0.2, -0.15) is 0 Å². The largest absolute Gasteiger partial charge is 0.463 e. The molecule has 1 atom stereocenters. The number of aromatic nitrogens is 2. The highest BCUT2D eigenvalue weighted by Crippen LogP contribution is 2.25. The summed E-state index contributed by atoms with van der Waals surface area (Å²) in [6, 6.07) is 11.2. The van der Waals surface area contributed by atoms with E-state index in [9.17, 15) is 4.79 Å². The topological polar surface area (TPSA) is 71.3 Å². The maximum absolute atomic E-state index is 13.2. The number of nitrogens with one attached hydrogen (secondary N) is 1. The first-order valence-corrected chi connectivity index (χ1v) is 8.67. The Balaban J connectivity index is 1.63. The normalized spacial score (nSPS) is 17.3. The number of nitrogens with zero attached hydrogens (tertiary/aromatic N) is 3. The van der Waals surface area contributed by atoms with Crippen LogP contribution in [0.4, 0.5) is 0 Å². The Hall–Kier alpha value is -2.99. The van der Waals surface area contributed by atoms with Crippen molar-refractivity contribution in [3.8, 4) is 11.5 Å². The number of carbonyl (C=O) groups is 1. The fourth-order valence-electron chi connectivity index (χ4n) is 3.32. The van der Waals surface area contributed by atoms with Crippen LogP contribution in [0.1, 0.15) is 27.7 Å². The summed E-state index contributed by atoms with van der Waals surface area (Å²) in [5.74, 6) is 0.693. The molecule has 1 aliphatic rings. The average molecular weight is 348 g/mol. The summed E-state index contributed by atoms with van der Waals surface area (Å²) in [5, 5.41) is 3.36. The molecule has 1 unspecified atom stereocenters. The van der Waals surface area contributed by atoms with Crippen LogP contribution < -0.4 is 5.32 Å². The van der Waals surface area contributed by atoms with Crippen molar-refractivity contribution in [2.24, 2.45) is 0 Å². The highest BCUT2D eigenvalue weighted by Gasteiger charge is 2.29. The maximum Gasteiger partial charge on any atom is 0.256 e. The number of amides is 1. The van der Waals surface area contributed by atoms with E-state index in [0.717, 1.165) is 17.8 Å². The Morgan fingerprint density at radius 3 is 2.92 bits per heavy atom. The molecule has 1 N–H and O–H groups in total. The number of pyridine rings is 2. The molecule has 0 aliphatic carbocycles. The Kier molecular flexibility index (Phi) is 4.50. The second-order valence-electron chi connectivity index (χ2n) is 6.31. The van der Waals surface area contributed by atoms with Crippen molar-refractivity contribution in [1.82, 2.24) is 20.2 Å². The van der Waals surface area contributed by atoms with Gasteiger partial charge in [0.2, 0.25) is 0 Å². The summed E-state index contributed by atoms with van der Waals surface area (Å²) >= 11 is 0. The molecule has 1 saturated heterocycles. The van der Waals surface area contributed by atoms with Crippen LogP contribution in [-0.4, -0.2) is 40.4 Å². The number of carbonyl (C=O) groups excluding carboxylic acids is 1. The SMILES string of the molecule is Cc1nc(-c2ccco2)ccc1C(=O)N1CCNCC1c1cccnc1. The van der Waals surface area contributed by atoms with Crippen molar-refractivity contribution in [3.63, 3.8) is 0 Å². The molecule has 132 valence electrons. The van der Waals surface area contributed by atoms with Crippen molar-refractivity contribution in [2.75, 3.05) is 19.6 Å². The molecule has 0 radical (unpaired) electrons. The van der Waals surface area contributed by atoms with Crippen molar-refractivity contribution in [2.45, 2.75) is 13.0 Å². The van der Waals surface area contributed by atoms with Gasteiger partial charge in [-0.3, -0.25) is 9.78 Å². The van der Waals surface area contributed by atoms with E-state index >= 15 is 0 Å². The van der Waals surface area contributed by atoms with Crippen molar-refractivity contribution >= 4 is 5.91 Å². The first kappa shape index (κ1) is 16.5. The summed E-state index contributed by atoms with van der Waals surface area (Å²) in [4.78, 5) is 23.9. The third-order valence-corrected chi connectivity index (χ3v) is 4.66. The van der Waals surface area contributed by atoms with Gasteiger partial charge in [0.15, 0.2) is 5.76 Å². The quantitative estimate of drug-likeness (QED) is 0.788. The van der Waals surface area contributed by atoms with E-state index in [4.69, 9.17) is 4.42 Å². The lowest BCUT2D eigenvalue weighted by Gasteiger charge is -2.36.